The second-order valence-electron chi connectivity index (χ2n) is 10.8. The molecule has 1 aromatic heterocycles. The largest absolute Gasteiger partial charge is 0.372 e. The summed E-state index contributed by atoms with van der Waals surface area (Å²) < 4.78 is 20.3. The molecule has 0 aliphatic carbocycles. The van der Waals surface area contributed by atoms with E-state index < -0.39 is 0 Å². The molecule has 3 aromatic rings. The van der Waals surface area contributed by atoms with Crippen molar-refractivity contribution in [2.24, 2.45) is 0 Å². The van der Waals surface area contributed by atoms with Crippen LogP contribution in [0.3, 0.4) is 0 Å². The van der Waals surface area contributed by atoms with E-state index in [1.165, 1.54) is 11.6 Å². The van der Waals surface area contributed by atoms with Gasteiger partial charge < -0.3 is 15.0 Å². The predicted molar refractivity (Wildman–Crippen MR) is 149 cm³/mol. The van der Waals surface area contributed by atoms with Crippen molar-refractivity contribution in [2.45, 2.75) is 58.4 Å². The van der Waals surface area contributed by atoms with Crippen LogP contribution in [0, 0.1) is 12.7 Å². The molecule has 0 saturated carbocycles. The van der Waals surface area contributed by atoms with Crippen LogP contribution in [0.2, 0.25) is 0 Å². The van der Waals surface area contributed by atoms with Crippen molar-refractivity contribution >= 4 is 11.7 Å². The Bertz CT molecular complexity index is 1230. The zero-order valence-electron chi connectivity index (χ0n) is 22.5. The van der Waals surface area contributed by atoms with E-state index in [2.05, 4.69) is 41.1 Å². The first-order valence-electron chi connectivity index (χ1n) is 13.6. The van der Waals surface area contributed by atoms with E-state index >= 15 is 0 Å². The Hall–Kier alpha value is -3.29. The van der Waals surface area contributed by atoms with Crippen LogP contribution in [0.1, 0.15) is 48.2 Å². The first-order valence-corrected chi connectivity index (χ1v) is 13.6. The first-order chi connectivity index (χ1) is 18.3. The number of ether oxygens (including phenoxy) is 1. The van der Waals surface area contributed by atoms with E-state index in [-0.39, 0.29) is 30.0 Å². The number of pyridine rings is 1. The molecule has 2 saturated heterocycles. The van der Waals surface area contributed by atoms with Crippen molar-refractivity contribution in [1.82, 2.24) is 15.2 Å². The van der Waals surface area contributed by atoms with Crippen LogP contribution >= 0.6 is 0 Å². The van der Waals surface area contributed by atoms with Crippen molar-refractivity contribution in [2.75, 3.05) is 31.1 Å². The van der Waals surface area contributed by atoms with E-state index in [0.717, 1.165) is 62.5 Å². The molecule has 2 atom stereocenters. The number of morpholine rings is 1. The summed E-state index contributed by atoms with van der Waals surface area (Å²) in [4.78, 5) is 22.4. The Morgan fingerprint density at radius 1 is 1.03 bits per heavy atom. The van der Waals surface area contributed by atoms with Crippen LogP contribution in [-0.2, 0) is 11.3 Å². The minimum absolute atomic E-state index is 0.109. The number of hydrogen-bond donors (Lipinski definition) is 1. The molecule has 6 nitrogen and oxygen atoms in total. The molecule has 2 unspecified atom stereocenters. The summed E-state index contributed by atoms with van der Waals surface area (Å²) in [5.41, 5.74) is 4.01. The Labute approximate surface area is 224 Å². The van der Waals surface area contributed by atoms with Crippen LogP contribution in [-0.4, -0.2) is 60.2 Å². The van der Waals surface area contributed by atoms with Gasteiger partial charge >= 0.3 is 0 Å². The number of hydrogen-bond acceptors (Lipinski definition) is 5. The van der Waals surface area contributed by atoms with Gasteiger partial charge in [-0.25, -0.2) is 9.37 Å². The average Bonchev–Trinajstić information content (AvgIpc) is 2.90. The zero-order valence-corrected chi connectivity index (χ0v) is 22.5. The number of likely N-dealkylation sites (tertiary alicyclic amines) is 1. The summed E-state index contributed by atoms with van der Waals surface area (Å²) in [7, 11) is 0. The molecular formula is C31H37FN4O2. The van der Waals surface area contributed by atoms with Gasteiger partial charge in [-0.05, 0) is 69.0 Å². The van der Waals surface area contributed by atoms with E-state index in [0.29, 0.717) is 11.1 Å². The predicted octanol–water partition coefficient (Wildman–Crippen LogP) is 5.20. The van der Waals surface area contributed by atoms with Gasteiger partial charge in [-0.2, -0.15) is 0 Å². The Balaban J connectivity index is 1.12. The number of nitrogens with one attached hydrogen (secondary N) is 1. The number of anilines is 1. The number of halogens is 1. The van der Waals surface area contributed by atoms with Gasteiger partial charge in [0.25, 0.3) is 5.91 Å². The van der Waals surface area contributed by atoms with Crippen LogP contribution in [0.5, 0.6) is 0 Å². The van der Waals surface area contributed by atoms with Gasteiger partial charge in [0.1, 0.15) is 11.6 Å². The van der Waals surface area contributed by atoms with Crippen LogP contribution in [0.4, 0.5) is 10.2 Å². The summed E-state index contributed by atoms with van der Waals surface area (Å²) >= 11 is 0. The van der Waals surface area contributed by atoms with Gasteiger partial charge in [-0.1, -0.05) is 35.9 Å². The lowest BCUT2D eigenvalue weighted by Crippen LogP contribution is -2.45. The lowest BCUT2D eigenvalue weighted by molar-refractivity contribution is -0.00546. The molecule has 7 heteroatoms. The number of piperidine rings is 1. The summed E-state index contributed by atoms with van der Waals surface area (Å²) in [5, 5.41) is 3.16. The highest BCUT2D eigenvalue weighted by molar-refractivity contribution is 5.95. The van der Waals surface area contributed by atoms with Crippen LogP contribution in [0.25, 0.3) is 11.1 Å². The molecular weight excluding hydrogens is 479 g/mol. The number of nitrogens with zero attached hydrogens (tertiary/aromatic N) is 3. The maximum absolute atomic E-state index is 14.5. The van der Waals surface area contributed by atoms with E-state index in [1.54, 1.807) is 12.1 Å². The second kappa shape index (κ2) is 11.6. The normalized spacial score (nSPS) is 20.9. The van der Waals surface area contributed by atoms with Gasteiger partial charge in [0.15, 0.2) is 0 Å². The smallest absolute Gasteiger partial charge is 0.251 e. The Morgan fingerprint density at radius 2 is 1.74 bits per heavy atom. The molecule has 0 bridgehead atoms. The van der Waals surface area contributed by atoms with Crippen molar-refractivity contribution in [1.29, 1.82) is 0 Å². The summed E-state index contributed by atoms with van der Waals surface area (Å²) in [6.45, 7) is 10.6. The van der Waals surface area contributed by atoms with E-state index in [9.17, 15) is 9.18 Å². The number of amides is 1. The molecule has 5 rings (SSSR count). The fourth-order valence-corrected chi connectivity index (χ4v) is 5.45. The van der Waals surface area contributed by atoms with Crippen LogP contribution < -0.4 is 10.2 Å². The number of carbonyl (C=O) groups is 1. The first kappa shape index (κ1) is 26.3. The van der Waals surface area contributed by atoms with Crippen molar-refractivity contribution in [3.8, 4) is 11.1 Å². The fraction of sp³-hybridized carbons (Fsp3) is 0.419. The quantitative estimate of drug-likeness (QED) is 0.488. The third-order valence-corrected chi connectivity index (χ3v) is 7.47. The average molecular weight is 517 g/mol. The van der Waals surface area contributed by atoms with Crippen molar-refractivity contribution in [3.63, 3.8) is 0 Å². The molecule has 1 amide bonds. The van der Waals surface area contributed by atoms with Crippen LogP contribution in [0.15, 0.2) is 60.8 Å². The number of rotatable bonds is 6. The minimum atomic E-state index is -0.324. The highest BCUT2D eigenvalue weighted by Crippen LogP contribution is 2.25. The minimum Gasteiger partial charge on any atom is -0.372 e. The second-order valence-corrected chi connectivity index (χ2v) is 10.8. The van der Waals surface area contributed by atoms with Gasteiger partial charge in [0.2, 0.25) is 0 Å². The molecule has 1 N–H and O–H groups in total. The fourth-order valence-electron chi connectivity index (χ4n) is 5.45. The molecule has 3 heterocycles. The maximum Gasteiger partial charge on any atom is 0.251 e. The molecule has 200 valence electrons. The number of aryl methyl sites for hydroxylation is 1. The van der Waals surface area contributed by atoms with Gasteiger partial charge in [-0.15, -0.1) is 0 Å². The van der Waals surface area contributed by atoms with Gasteiger partial charge in [-0.3, -0.25) is 9.69 Å². The molecule has 2 fully saturated rings. The molecule has 2 aromatic carbocycles. The summed E-state index contributed by atoms with van der Waals surface area (Å²) in [6, 6.07) is 16.7. The van der Waals surface area contributed by atoms with Gasteiger partial charge in [0, 0.05) is 56.1 Å². The number of carbonyl (C=O) groups excluding carboxylic acids is 1. The highest BCUT2D eigenvalue weighted by atomic mass is 19.1. The molecule has 0 radical (unpaired) electrons. The van der Waals surface area contributed by atoms with Gasteiger partial charge in [0.05, 0.1) is 12.2 Å². The third-order valence-electron chi connectivity index (χ3n) is 7.47. The molecule has 0 spiro atoms. The Kier molecular flexibility index (Phi) is 8.05. The molecule has 2 aliphatic heterocycles. The highest BCUT2D eigenvalue weighted by Gasteiger charge is 2.24. The number of benzene rings is 2. The Morgan fingerprint density at radius 3 is 2.39 bits per heavy atom. The van der Waals surface area contributed by atoms with E-state index in [1.807, 2.05) is 37.4 Å². The topological polar surface area (TPSA) is 57.7 Å². The van der Waals surface area contributed by atoms with Crippen molar-refractivity contribution < 1.29 is 13.9 Å². The lowest BCUT2D eigenvalue weighted by atomic mass is 10.00. The lowest BCUT2D eigenvalue weighted by Gasteiger charge is -2.36. The molecule has 2 aliphatic rings. The maximum atomic E-state index is 14.5. The standard InChI is InChI=1S/C31H37FN4O2/c1-21-4-7-25(8-5-21)28-16-26(9-10-29(28)32)31(37)34-27-12-14-35(15-13-27)20-24-6-11-30(33-17-24)36-18-22(2)38-23(3)19-36/h4-11,16-17,22-23,27H,12-15,18-20H2,1-3H3,(H,34,37). The number of aromatic nitrogens is 1. The molecule has 38 heavy (non-hydrogen) atoms. The van der Waals surface area contributed by atoms with E-state index in [4.69, 9.17) is 9.72 Å². The van der Waals surface area contributed by atoms with Crippen molar-refractivity contribution in [3.05, 3.63) is 83.3 Å². The SMILES string of the molecule is Cc1ccc(-c2cc(C(=O)NC3CCN(Cc4ccc(N5CC(C)OC(C)C5)nc4)CC3)ccc2F)cc1. The monoisotopic (exact) mass is 516 g/mol. The summed E-state index contributed by atoms with van der Waals surface area (Å²) in [6.07, 6.45) is 4.16. The third kappa shape index (κ3) is 6.40. The summed E-state index contributed by atoms with van der Waals surface area (Å²) in [5.74, 6) is 0.530. The zero-order chi connectivity index (χ0) is 26.6.